The number of aromatic nitrogens is 2. The van der Waals surface area contributed by atoms with E-state index in [-0.39, 0.29) is 30.4 Å². The average molecular weight is 480 g/mol. The summed E-state index contributed by atoms with van der Waals surface area (Å²) in [7, 11) is 1.51. The van der Waals surface area contributed by atoms with Crippen molar-refractivity contribution in [3.8, 4) is 5.75 Å². The lowest BCUT2D eigenvalue weighted by atomic mass is 10.1. The van der Waals surface area contributed by atoms with Gasteiger partial charge in [0.15, 0.2) is 0 Å². The van der Waals surface area contributed by atoms with Crippen LogP contribution in [-0.2, 0) is 11.3 Å². The minimum atomic E-state index is -0.550. The molecule has 1 aromatic heterocycles. The fourth-order valence-corrected chi connectivity index (χ4v) is 3.57. The van der Waals surface area contributed by atoms with Crippen molar-refractivity contribution in [2.45, 2.75) is 53.0 Å². The molecule has 33 heavy (non-hydrogen) atoms. The number of nitrogens with one attached hydrogen (secondary N) is 2. The molecule has 0 atom stereocenters. The molecular weight excluding hydrogens is 446 g/mol. The summed E-state index contributed by atoms with van der Waals surface area (Å²) >= 11 is 6.04. The molecule has 182 valence electrons. The number of ether oxygens (including phenoxy) is 1. The minimum Gasteiger partial charge on any atom is -0.495 e. The summed E-state index contributed by atoms with van der Waals surface area (Å²) in [5.74, 6) is 0.730. The van der Waals surface area contributed by atoms with Gasteiger partial charge in [0.2, 0.25) is 5.91 Å². The third kappa shape index (κ3) is 7.28. The van der Waals surface area contributed by atoms with Crippen molar-refractivity contribution in [1.29, 1.82) is 0 Å². The number of hydrogen-bond donors (Lipinski definition) is 3. The lowest BCUT2D eigenvalue weighted by Crippen LogP contribution is -2.40. The monoisotopic (exact) mass is 479 g/mol. The molecule has 1 aromatic carbocycles. The molecule has 2 aromatic rings. The third-order valence-electron chi connectivity index (χ3n) is 5.29. The second-order valence-electron chi connectivity index (χ2n) is 8.31. The zero-order valence-electron chi connectivity index (χ0n) is 19.7. The molecule has 0 spiro atoms. The van der Waals surface area contributed by atoms with Gasteiger partial charge in [0.05, 0.1) is 12.8 Å². The van der Waals surface area contributed by atoms with Gasteiger partial charge in [0, 0.05) is 31.1 Å². The molecule has 0 bridgehead atoms. The predicted octanol–water partition coefficient (Wildman–Crippen LogP) is 3.46. The highest BCUT2D eigenvalue weighted by molar-refractivity contribution is 6.31. The van der Waals surface area contributed by atoms with Crippen LogP contribution in [0, 0.1) is 5.92 Å². The summed E-state index contributed by atoms with van der Waals surface area (Å²) in [6, 6.07) is 4.96. The highest BCUT2D eigenvalue weighted by Crippen LogP contribution is 2.28. The van der Waals surface area contributed by atoms with Crippen molar-refractivity contribution in [3.63, 3.8) is 0 Å². The SMILES string of the molecule is CCCCn1c(N)c(N(CCC(=O)Nc2cc(Cl)ccc2OC)CCC(C)C)c(=O)[nH]c1=O. The zero-order chi connectivity index (χ0) is 24.5. The fourth-order valence-electron chi connectivity index (χ4n) is 3.40. The number of H-pyrrole nitrogens is 1. The van der Waals surface area contributed by atoms with Gasteiger partial charge in [-0.05, 0) is 37.0 Å². The van der Waals surface area contributed by atoms with Crippen molar-refractivity contribution < 1.29 is 9.53 Å². The number of nitrogen functional groups attached to an aromatic ring is 1. The number of carbonyl (C=O) groups is 1. The number of amides is 1. The topological polar surface area (TPSA) is 122 Å². The molecule has 1 amide bonds. The molecule has 1 heterocycles. The van der Waals surface area contributed by atoms with Gasteiger partial charge in [0.25, 0.3) is 5.56 Å². The number of unbranched alkanes of at least 4 members (excludes halogenated alkanes) is 1. The van der Waals surface area contributed by atoms with Gasteiger partial charge in [-0.2, -0.15) is 0 Å². The van der Waals surface area contributed by atoms with Gasteiger partial charge in [-0.3, -0.25) is 19.1 Å². The Bertz CT molecular complexity index is 1060. The van der Waals surface area contributed by atoms with Crippen LogP contribution in [0.5, 0.6) is 5.75 Å². The van der Waals surface area contributed by atoms with Crippen LogP contribution >= 0.6 is 11.6 Å². The molecule has 9 nitrogen and oxygen atoms in total. The first-order valence-corrected chi connectivity index (χ1v) is 11.6. The van der Waals surface area contributed by atoms with Crippen molar-refractivity contribution >= 4 is 34.7 Å². The molecule has 4 N–H and O–H groups in total. The van der Waals surface area contributed by atoms with E-state index < -0.39 is 11.2 Å². The van der Waals surface area contributed by atoms with Gasteiger partial charge in [-0.25, -0.2) is 4.79 Å². The standard InChI is InChI=1S/C23H34ClN5O4/c1-5-6-11-29-21(25)20(22(31)27-23(29)32)28(12-9-15(2)3)13-10-19(30)26-17-14-16(24)7-8-18(17)33-4/h7-8,14-15H,5-6,9-13,25H2,1-4H3,(H,26,30)(H,27,31,32). The Kier molecular flexibility index (Phi) is 9.84. The van der Waals surface area contributed by atoms with Gasteiger partial charge in [-0.15, -0.1) is 0 Å². The first-order valence-electron chi connectivity index (χ1n) is 11.2. The number of nitrogens with zero attached hydrogens (tertiary/aromatic N) is 2. The van der Waals surface area contributed by atoms with Crippen LogP contribution in [0.2, 0.25) is 5.02 Å². The van der Waals surface area contributed by atoms with E-state index in [1.165, 1.54) is 11.7 Å². The summed E-state index contributed by atoms with van der Waals surface area (Å²) in [5.41, 5.74) is 5.90. The molecule has 0 saturated carbocycles. The maximum Gasteiger partial charge on any atom is 0.330 e. The molecule has 0 aliphatic heterocycles. The van der Waals surface area contributed by atoms with E-state index in [4.69, 9.17) is 22.1 Å². The van der Waals surface area contributed by atoms with E-state index in [1.54, 1.807) is 23.1 Å². The summed E-state index contributed by atoms with van der Waals surface area (Å²) < 4.78 is 6.66. The van der Waals surface area contributed by atoms with Crippen LogP contribution < -0.4 is 31.9 Å². The number of aromatic amines is 1. The van der Waals surface area contributed by atoms with Crippen molar-refractivity contribution in [3.05, 3.63) is 44.1 Å². The van der Waals surface area contributed by atoms with E-state index in [0.717, 1.165) is 19.3 Å². The lowest BCUT2D eigenvalue weighted by molar-refractivity contribution is -0.116. The largest absolute Gasteiger partial charge is 0.495 e. The van der Waals surface area contributed by atoms with Crippen molar-refractivity contribution in [2.24, 2.45) is 5.92 Å². The van der Waals surface area contributed by atoms with Gasteiger partial charge < -0.3 is 20.7 Å². The molecule has 0 unspecified atom stereocenters. The molecule has 0 aliphatic carbocycles. The Labute approximate surface area is 198 Å². The first-order chi connectivity index (χ1) is 15.7. The Balaban J connectivity index is 2.27. The molecular formula is C23H34ClN5O4. The first kappa shape index (κ1) is 26.3. The number of hydrogen-bond acceptors (Lipinski definition) is 6. The molecule has 0 saturated heterocycles. The second-order valence-corrected chi connectivity index (χ2v) is 8.75. The smallest absolute Gasteiger partial charge is 0.330 e. The Morgan fingerprint density at radius 2 is 2.03 bits per heavy atom. The highest BCUT2D eigenvalue weighted by Gasteiger charge is 2.20. The number of rotatable bonds is 12. The van der Waals surface area contributed by atoms with Gasteiger partial charge >= 0.3 is 5.69 Å². The van der Waals surface area contributed by atoms with Crippen LogP contribution in [-0.4, -0.2) is 35.7 Å². The van der Waals surface area contributed by atoms with E-state index in [2.05, 4.69) is 24.1 Å². The second kappa shape index (κ2) is 12.3. The fraction of sp³-hybridized carbons (Fsp3) is 0.522. The molecule has 0 fully saturated rings. The average Bonchev–Trinajstić information content (AvgIpc) is 2.74. The number of anilines is 3. The maximum atomic E-state index is 12.7. The highest BCUT2D eigenvalue weighted by atomic mass is 35.5. The molecule has 2 rings (SSSR count). The van der Waals surface area contributed by atoms with Crippen LogP contribution in [0.3, 0.4) is 0 Å². The normalized spacial score (nSPS) is 11.0. The van der Waals surface area contributed by atoms with Crippen LogP contribution in [0.4, 0.5) is 17.2 Å². The summed E-state index contributed by atoms with van der Waals surface area (Å²) in [4.78, 5) is 41.8. The predicted molar refractivity (Wildman–Crippen MR) is 134 cm³/mol. The lowest BCUT2D eigenvalue weighted by Gasteiger charge is -2.27. The summed E-state index contributed by atoms with van der Waals surface area (Å²) in [6.07, 6.45) is 2.52. The Morgan fingerprint density at radius 1 is 1.30 bits per heavy atom. The number of benzene rings is 1. The number of methoxy groups -OCH3 is 1. The van der Waals surface area contributed by atoms with Crippen molar-refractivity contribution in [2.75, 3.05) is 36.1 Å². The molecule has 0 radical (unpaired) electrons. The number of carbonyl (C=O) groups excluding carboxylic acids is 1. The Hall–Kier alpha value is -2.94. The maximum absolute atomic E-state index is 12.7. The van der Waals surface area contributed by atoms with Crippen LogP contribution in [0.1, 0.15) is 46.5 Å². The van der Waals surface area contributed by atoms with E-state index in [9.17, 15) is 14.4 Å². The summed E-state index contributed by atoms with van der Waals surface area (Å²) in [6.45, 7) is 7.35. The van der Waals surface area contributed by atoms with Crippen LogP contribution in [0.15, 0.2) is 27.8 Å². The van der Waals surface area contributed by atoms with E-state index >= 15 is 0 Å². The van der Waals surface area contributed by atoms with Crippen LogP contribution in [0.25, 0.3) is 0 Å². The number of halogens is 1. The quantitative estimate of drug-likeness (QED) is 0.428. The minimum absolute atomic E-state index is 0.0979. The molecule has 0 aliphatic rings. The van der Waals surface area contributed by atoms with Crippen molar-refractivity contribution in [1.82, 2.24) is 9.55 Å². The zero-order valence-corrected chi connectivity index (χ0v) is 20.5. The summed E-state index contributed by atoms with van der Waals surface area (Å²) in [5, 5.41) is 3.27. The van der Waals surface area contributed by atoms with E-state index in [0.29, 0.717) is 35.5 Å². The van der Waals surface area contributed by atoms with Gasteiger partial charge in [0.1, 0.15) is 17.3 Å². The third-order valence-corrected chi connectivity index (χ3v) is 5.52. The van der Waals surface area contributed by atoms with Gasteiger partial charge in [-0.1, -0.05) is 38.8 Å². The van der Waals surface area contributed by atoms with E-state index in [1.807, 2.05) is 6.92 Å². The number of nitrogens with two attached hydrogens (primary N) is 1. The molecule has 10 heteroatoms. The Morgan fingerprint density at radius 3 is 2.67 bits per heavy atom.